The van der Waals surface area contributed by atoms with Crippen molar-refractivity contribution in [2.75, 3.05) is 25.4 Å². The fraction of sp³-hybridized carbons (Fsp3) is 0.429. The van der Waals surface area contributed by atoms with Crippen LogP contribution in [-0.4, -0.2) is 67.3 Å². The van der Waals surface area contributed by atoms with Crippen molar-refractivity contribution in [3.05, 3.63) is 59.3 Å². The number of amides is 1. The molecule has 0 saturated carbocycles. The number of ether oxygens (including phenoxy) is 1. The number of primary amides is 1. The van der Waals surface area contributed by atoms with E-state index in [0.717, 1.165) is 27.6 Å². The number of hydrogen-bond acceptors (Lipinski definition) is 6. The molecule has 13 heteroatoms. The molecular formula is C28H33F3N4O5S. The largest absolute Gasteiger partial charge is 0.490 e. The Balaban J connectivity index is 1.49. The van der Waals surface area contributed by atoms with Crippen LogP contribution in [0.1, 0.15) is 54.1 Å². The first kappa shape index (κ1) is 30.5. The Kier molecular flexibility index (Phi) is 9.10. The standard InChI is InChI=1S/C28H33F3N4O5S/c1-3-41(38,39)35-10-8-20(9-11-35)24-16-34-25-22(24)12-21(13-23(25)26(32)36)19-6-4-18(5-7-19)15-33-14-17(2)40-27(37)28(29,30)31/h4-7,12-13,16-17,20,33-34H,3,8-11,14-15H2,1-2H3,(H2,32,36)/t17-/m1/s1. The molecule has 1 fully saturated rings. The number of rotatable bonds is 10. The lowest BCUT2D eigenvalue weighted by molar-refractivity contribution is -0.203. The third-order valence-electron chi connectivity index (χ3n) is 7.33. The van der Waals surface area contributed by atoms with E-state index in [0.29, 0.717) is 43.6 Å². The van der Waals surface area contributed by atoms with Crippen LogP contribution in [0, 0.1) is 0 Å². The summed E-state index contributed by atoms with van der Waals surface area (Å²) in [7, 11) is -3.24. The average molecular weight is 595 g/mol. The molecule has 2 aromatic carbocycles. The Labute approximate surface area is 236 Å². The molecule has 0 unspecified atom stereocenters. The molecule has 1 aliphatic rings. The summed E-state index contributed by atoms with van der Waals surface area (Å²) in [5.41, 5.74) is 10.2. The molecular weight excluding hydrogens is 561 g/mol. The van der Waals surface area contributed by atoms with E-state index in [4.69, 9.17) is 5.73 Å². The molecule has 3 aromatic rings. The molecule has 4 N–H and O–H groups in total. The van der Waals surface area contributed by atoms with E-state index in [-0.39, 0.29) is 18.2 Å². The molecule has 1 aliphatic heterocycles. The molecule has 1 amide bonds. The number of carbonyl (C=O) groups is 2. The summed E-state index contributed by atoms with van der Waals surface area (Å²) >= 11 is 0. The van der Waals surface area contributed by atoms with E-state index in [1.807, 2.05) is 36.5 Å². The van der Waals surface area contributed by atoms with Crippen molar-refractivity contribution in [3.8, 4) is 11.1 Å². The molecule has 0 aliphatic carbocycles. The normalized spacial score (nSPS) is 16.1. The van der Waals surface area contributed by atoms with Crippen molar-refractivity contribution < 1.29 is 35.9 Å². The monoisotopic (exact) mass is 594 g/mol. The molecule has 0 radical (unpaired) electrons. The van der Waals surface area contributed by atoms with Crippen LogP contribution in [0.2, 0.25) is 0 Å². The molecule has 1 aromatic heterocycles. The number of halogens is 3. The maximum atomic E-state index is 12.3. The van der Waals surface area contributed by atoms with Crippen molar-refractivity contribution in [1.29, 1.82) is 0 Å². The zero-order chi connectivity index (χ0) is 29.9. The highest BCUT2D eigenvalue weighted by Gasteiger charge is 2.41. The maximum Gasteiger partial charge on any atom is 0.490 e. The van der Waals surface area contributed by atoms with Crippen molar-refractivity contribution >= 4 is 32.8 Å². The van der Waals surface area contributed by atoms with Gasteiger partial charge in [-0.25, -0.2) is 17.5 Å². The first-order valence-corrected chi connectivity index (χ1v) is 14.9. The number of nitrogens with zero attached hydrogens (tertiary/aromatic N) is 1. The molecule has 222 valence electrons. The summed E-state index contributed by atoms with van der Waals surface area (Å²) in [6.07, 6.45) is -2.79. The quantitative estimate of drug-likeness (QED) is 0.303. The van der Waals surface area contributed by atoms with Gasteiger partial charge in [0.1, 0.15) is 6.10 Å². The maximum absolute atomic E-state index is 12.3. The zero-order valence-electron chi connectivity index (χ0n) is 22.8. The minimum Gasteiger partial charge on any atom is -0.455 e. The Morgan fingerprint density at radius 1 is 1.15 bits per heavy atom. The number of hydrogen-bond donors (Lipinski definition) is 3. The van der Waals surface area contributed by atoms with Crippen LogP contribution in [-0.2, 0) is 26.1 Å². The van der Waals surface area contributed by atoms with E-state index in [1.165, 1.54) is 11.2 Å². The van der Waals surface area contributed by atoms with Crippen molar-refractivity contribution in [1.82, 2.24) is 14.6 Å². The molecule has 1 atom stereocenters. The summed E-state index contributed by atoms with van der Waals surface area (Å²) in [4.78, 5) is 26.5. The fourth-order valence-electron chi connectivity index (χ4n) is 5.11. The molecule has 9 nitrogen and oxygen atoms in total. The predicted octanol–water partition coefficient (Wildman–Crippen LogP) is 4.05. The van der Waals surface area contributed by atoms with Gasteiger partial charge in [-0.3, -0.25) is 4.79 Å². The molecule has 4 rings (SSSR count). The summed E-state index contributed by atoms with van der Waals surface area (Å²) in [5, 5.41) is 3.83. The SMILES string of the molecule is CCS(=O)(=O)N1CCC(c2c[nH]c3c(C(N)=O)cc(-c4ccc(CNC[C@@H](C)OC(=O)C(F)(F)F)cc4)cc23)CC1. The highest BCUT2D eigenvalue weighted by Crippen LogP contribution is 2.37. The number of aromatic amines is 1. The van der Waals surface area contributed by atoms with E-state index in [9.17, 15) is 31.2 Å². The van der Waals surface area contributed by atoms with Crippen LogP contribution in [0.15, 0.2) is 42.6 Å². The summed E-state index contributed by atoms with van der Waals surface area (Å²) in [6, 6.07) is 11.2. The first-order valence-electron chi connectivity index (χ1n) is 13.3. The number of nitrogens with two attached hydrogens (primary N) is 1. The smallest absolute Gasteiger partial charge is 0.455 e. The lowest BCUT2D eigenvalue weighted by Crippen LogP contribution is -2.38. The second-order valence-corrected chi connectivity index (χ2v) is 12.4. The van der Waals surface area contributed by atoms with E-state index in [2.05, 4.69) is 15.0 Å². The average Bonchev–Trinajstić information content (AvgIpc) is 3.36. The third-order valence-corrected chi connectivity index (χ3v) is 9.21. The van der Waals surface area contributed by atoms with Crippen LogP contribution in [0.25, 0.3) is 22.0 Å². The second-order valence-electron chi connectivity index (χ2n) is 10.2. The number of fused-ring (bicyclic) bond motifs is 1. The van der Waals surface area contributed by atoms with Gasteiger partial charge in [0.25, 0.3) is 5.91 Å². The first-order chi connectivity index (χ1) is 19.3. The van der Waals surface area contributed by atoms with Gasteiger partial charge in [-0.05, 0) is 67.0 Å². The number of H-pyrrole nitrogens is 1. The van der Waals surface area contributed by atoms with Gasteiger partial charge in [0.05, 0.1) is 16.8 Å². The zero-order valence-corrected chi connectivity index (χ0v) is 23.6. The van der Waals surface area contributed by atoms with Gasteiger partial charge >= 0.3 is 12.1 Å². The van der Waals surface area contributed by atoms with Gasteiger partial charge in [0.2, 0.25) is 10.0 Å². The van der Waals surface area contributed by atoms with Crippen LogP contribution < -0.4 is 11.1 Å². The van der Waals surface area contributed by atoms with E-state index in [1.54, 1.807) is 13.0 Å². The van der Waals surface area contributed by atoms with Crippen LogP contribution in [0.4, 0.5) is 13.2 Å². The minimum atomic E-state index is -5.03. The van der Waals surface area contributed by atoms with Crippen molar-refractivity contribution in [2.45, 2.75) is 51.4 Å². The second kappa shape index (κ2) is 12.2. The Morgan fingerprint density at radius 2 is 1.80 bits per heavy atom. The van der Waals surface area contributed by atoms with Crippen molar-refractivity contribution in [2.24, 2.45) is 5.73 Å². The molecule has 0 spiro atoms. The van der Waals surface area contributed by atoms with Crippen LogP contribution >= 0.6 is 0 Å². The van der Waals surface area contributed by atoms with Gasteiger partial charge in [-0.15, -0.1) is 0 Å². The van der Waals surface area contributed by atoms with E-state index >= 15 is 0 Å². The van der Waals surface area contributed by atoms with Gasteiger partial charge in [-0.1, -0.05) is 24.3 Å². The van der Waals surface area contributed by atoms with Gasteiger partial charge in [-0.2, -0.15) is 13.2 Å². The topological polar surface area (TPSA) is 135 Å². The number of benzene rings is 2. The Hall–Kier alpha value is -3.42. The van der Waals surface area contributed by atoms with Gasteiger partial charge < -0.3 is 20.8 Å². The number of sulfonamides is 1. The summed E-state index contributed by atoms with van der Waals surface area (Å²) in [6.45, 7) is 4.27. The minimum absolute atomic E-state index is 0.0434. The Bertz CT molecular complexity index is 1510. The van der Waals surface area contributed by atoms with Gasteiger partial charge in [0.15, 0.2) is 0 Å². The molecule has 2 heterocycles. The number of carbonyl (C=O) groups excluding carboxylic acids is 2. The van der Waals surface area contributed by atoms with Gasteiger partial charge in [0, 0.05) is 37.8 Å². The van der Waals surface area contributed by atoms with E-state index < -0.39 is 34.2 Å². The summed E-state index contributed by atoms with van der Waals surface area (Å²) in [5.74, 6) is -2.60. The van der Waals surface area contributed by atoms with Crippen LogP contribution in [0.3, 0.4) is 0 Å². The number of nitrogens with one attached hydrogen (secondary N) is 2. The number of alkyl halides is 3. The lowest BCUT2D eigenvalue weighted by atomic mass is 9.88. The highest BCUT2D eigenvalue weighted by molar-refractivity contribution is 7.89. The third kappa shape index (κ3) is 7.08. The predicted molar refractivity (Wildman–Crippen MR) is 149 cm³/mol. The number of esters is 1. The molecule has 41 heavy (non-hydrogen) atoms. The highest BCUT2D eigenvalue weighted by atomic mass is 32.2. The molecule has 1 saturated heterocycles. The van der Waals surface area contributed by atoms with Crippen LogP contribution in [0.5, 0.6) is 0 Å². The number of piperidine rings is 1. The van der Waals surface area contributed by atoms with Crippen molar-refractivity contribution in [3.63, 3.8) is 0 Å². The fourth-order valence-corrected chi connectivity index (χ4v) is 6.24. The lowest BCUT2D eigenvalue weighted by Gasteiger charge is -2.31. The summed E-state index contributed by atoms with van der Waals surface area (Å²) < 4.78 is 67.5. The Morgan fingerprint density at radius 3 is 2.39 bits per heavy atom. The number of aromatic nitrogens is 1. The molecule has 0 bridgehead atoms.